The highest BCUT2D eigenvalue weighted by atomic mass is 32.1. The van der Waals surface area contributed by atoms with Gasteiger partial charge in [-0.1, -0.05) is 17.8 Å². The summed E-state index contributed by atoms with van der Waals surface area (Å²) in [5, 5.41) is 7.18. The van der Waals surface area contributed by atoms with Gasteiger partial charge in [0.05, 0.1) is 11.7 Å². The fourth-order valence-electron chi connectivity index (χ4n) is 1.64. The third-order valence-electron chi connectivity index (χ3n) is 2.86. The van der Waals surface area contributed by atoms with Crippen LogP contribution in [0.5, 0.6) is 0 Å². The molecule has 2 heterocycles. The van der Waals surface area contributed by atoms with E-state index in [0.29, 0.717) is 10.9 Å². The summed E-state index contributed by atoms with van der Waals surface area (Å²) >= 11 is 1.21. The number of carbonyl (C=O) groups excluding carboxylic acids is 1. The van der Waals surface area contributed by atoms with Crippen LogP contribution in [0.3, 0.4) is 0 Å². The quantitative estimate of drug-likeness (QED) is 0.834. The summed E-state index contributed by atoms with van der Waals surface area (Å²) in [6, 6.07) is 0.323. The Morgan fingerprint density at radius 1 is 1.62 bits per heavy atom. The van der Waals surface area contributed by atoms with Crippen molar-refractivity contribution in [1.29, 1.82) is 0 Å². The summed E-state index contributed by atoms with van der Waals surface area (Å²) in [6.45, 7) is 3.85. The number of hydrogen-bond acceptors (Lipinski definition) is 5. The number of likely N-dealkylation sites (N-methyl/N-ethyl adjacent to an activating group) is 1. The van der Waals surface area contributed by atoms with E-state index >= 15 is 0 Å². The highest BCUT2D eigenvalue weighted by molar-refractivity contribution is 7.08. The molecule has 0 aromatic carbocycles. The van der Waals surface area contributed by atoms with E-state index < -0.39 is 0 Å². The molecule has 0 saturated carbocycles. The molecule has 1 aromatic rings. The lowest BCUT2D eigenvalue weighted by molar-refractivity contribution is 0.0685. The molecule has 0 atom stereocenters. The van der Waals surface area contributed by atoms with E-state index in [1.54, 1.807) is 4.90 Å². The van der Waals surface area contributed by atoms with Gasteiger partial charge in [-0.05, 0) is 18.0 Å². The van der Waals surface area contributed by atoms with Gasteiger partial charge in [0, 0.05) is 20.1 Å². The van der Waals surface area contributed by atoms with Crippen molar-refractivity contribution in [2.75, 3.05) is 20.1 Å². The van der Waals surface area contributed by atoms with Gasteiger partial charge in [0.15, 0.2) is 0 Å². The molecule has 1 amide bonds. The van der Waals surface area contributed by atoms with Crippen LogP contribution in [0.1, 0.15) is 28.7 Å². The van der Waals surface area contributed by atoms with Crippen LogP contribution >= 0.6 is 11.5 Å². The third-order valence-corrected chi connectivity index (χ3v) is 3.62. The Bertz CT molecular complexity index is 375. The largest absolute Gasteiger partial charge is 0.335 e. The van der Waals surface area contributed by atoms with E-state index in [1.165, 1.54) is 11.5 Å². The molecule has 1 aliphatic rings. The lowest BCUT2D eigenvalue weighted by Gasteiger charge is -2.35. The predicted octanol–water partition coefficient (Wildman–Crippen LogP) is 0.534. The highest BCUT2D eigenvalue weighted by Crippen LogP contribution is 2.16. The average Bonchev–Trinajstić information content (AvgIpc) is 2.62. The van der Waals surface area contributed by atoms with Crippen LogP contribution in [0, 0.1) is 0 Å². The van der Waals surface area contributed by atoms with Crippen LogP contribution in [-0.2, 0) is 6.42 Å². The Morgan fingerprint density at radius 3 is 2.94 bits per heavy atom. The van der Waals surface area contributed by atoms with Gasteiger partial charge >= 0.3 is 0 Å². The molecular formula is C10H16N4OS. The average molecular weight is 240 g/mol. The first-order chi connectivity index (χ1) is 7.74. The molecule has 88 valence electrons. The van der Waals surface area contributed by atoms with Gasteiger partial charge in [0.2, 0.25) is 0 Å². The summed E-state index contributed by atoms with van der Waals surface area (Å²) in [7, 11) is 1.85. The molecule has 5 nitrogen and oxygen atoms in total. The number of rotatable bonds is 4. The molecule has 2 rings (SSSR count). The Kier molecular flexibility index (Phi) is 3.50. The second kappa shape index (κ2) is 4.88. The van der Waals surface area contributed by atoms with Crippen LogP contribution in [0.15, 0.2) is 0 Å². The van der Waals surface area contributed by atoms with E-state index in [1.807, 2.05) is 7.05 Å². The van der Waals surface area contributed by atoms with Crippen LogP contribution in [0.25, 0.3) is 0 Å². The first-order valence-corrected chi connectivity index (χ1v) is 6.30. The van der Waals surface area contributed by atoms with Crippen molar-refractivity contribution in [3.8, 4) is 0 Å². The van der Waals surface area contributed by atoms with E-state index in [-0.39, 0.29) is 5.91 Å². The standard InChI is InChI=1S/C10H16N4OS/c1-3-4-8-9(16-13-12-8)10(15)14(2)7-5-11-6-7/h7,11H,3-6H2,1-2H3. The minimum absolute atomic E-state index is 0.0601. The molecule has 1 saturated heterocycles. The maximum atomic E-state index is 12.2. The van der Waals surface area contributed by atoms with Gasteiger partial charge in [-0.2, -0.15) is 0 Å². The second-order valence-electron chi connectivity index (χ2n) is 4.03. The molecule has 1 N–H and O–H groups in total. The minimum atomic E-state index is 0.0601. The first kappa shape index (κ1) is 11.5. The Labute approximate surface area is 99.0 Å². The molecule has 1 fully saturated rings. The van der Waals surface area contributed by atoms with Gasteiger partial charge in [-0.3, -0.25) is 4.79 Å². The molecule has 1 aliphatic heterocycles. The van der Waals surface area contributed by atoms with Crippen molar-refractivity contribution in [2.24, 2.45) is 0 Å². The summed E-state index contributed by atoms with van der Waals surface area (Å²) in [4.78, 5) is 14.7. The number of nitrogens with zero attached hydrogens (tertiary/aromatic N) is 3. The Hall–Kier alpha value is -1.01. The normalized spacial score (nSPS) is 15.9. The molecule has 0 unspecified atom stereocenters. The number of nitrogens with one attached hydrogen (secondary N) is 1. The molecule has 0 radical (unpaired) electrons. The van der Waals surface area contributed by atoms with Crippen molar-refractivity contribution in [1.82, 2.24) is 19.8 Å². The maximum absolute atomic E-state index is 12.2. The van der Waals surface area contributed by atoms with Crippen molar-refractivity contribution in [3.05, 3.63) is 10.6 Å². The van der Waals surface area contributed by atoms with Crippen LogP contribution in [0.2, 0.25) is 0 Å². The molecule has 0 bridgehead atoms. The fraction of sp³-hybridized carbons (Fsp3) is 0.700. The SMILES string of the molecule is CCCc1nnsc1C(=O)N(C)C1CNC1. The van der Waals surface area contributed by atoms with Gasteiger partial charge < -0.3 is 10.2 Å². The van der Waals surface area contributed by atoms with Crippen LogP contribution < -0.4 is 5.32 Å². The number of carbonyl (C=O) groups is 1. The topological polar surface area (TPSA) is 58.1 Å². The van der Waals surface area contributed by atoms with Crippen molar-refractivity contribution in [2.45, 2.75) is 25.8 Å². The number of aromatic nitrogens is 2. The monoisotopic (exact) mass is 240 g/mol. The number of aryl methyl sites for hydroxylation is 1. The number of hydrogen-bond donors (Lipinski definition) is 1. The van der Waals surface area contributed by atoms with Gasteiger partial charge in [-0.25, -0.2) is 0 Å². The predicted molar refractivity (Wildman–Crippen MR) is 62.7 cm³/mol. The van der Waals surface area contributed by atoms with E-state index in [0.717, 1.165) is 31.6 Å². The van der Waals surface area contributed by atoms with Gasteiger partial charge in [0.25, 0.3) is 5.91 Å². The zero-order valence-electron chi connectivity index (χ0n) is 9.56. The molecule has 1 aromatic heterocycles. The van der Waals surface area contributed by atoms with E-state index in [2.05, 4.69) is 21.8 Å². The maximum Gasteiger partial charge on any atom is 0.267 e. The zero-order valence-corrected chi connectivity index (χ0v) is 10.4. The summed E-state index contributed by atoms with van der Waals surface area (Å²) in [5.74, 6) is 0.0601. The molecule has 16 heavy (non-hydrogen) atoms. The first-order valence-electron chi connectivity index (χ1n) is 5.53. The zero-order chi connectivity index (χ0) is 11.5. The molecular weight excluding hydrogens is 224 g/mol. The minimum Gasteiger partial charge on any atom is -0.335 e. The van der Waals surface area contributed by atoms with E-state index in [9.17, 15) is 4.79 Å². The van der Waals surface area contributed by atoms with Gasteiger partial charge in [0.1, 0.15) is 4.88 Å². The second-order valence-corrected chi connectivity index (χ2v) is 4.78. The van der Waals surface area contributed by atoms with E-state index in [4.69, 9.17) is 0 Å². The van der Waals surface area contributed by atoms with Crippen LogP contribution in [0.4, 0.5) is 0 Å². The van der Waals surface area contributed by atoms with Crippen LogP contribution in [-0.4, -0.2) is 46.6 Å². The molecule has 6 heteroatoms. The summed E-state index contributed by atoms with van der Waals surface area (Å²) < 4.78 is 3.88. The smallest absolute Gasteiger partial charge is 0.267 e. The molecule has 0 spiro atoms. The van der Waals surface area contributed by atoms with Crippen molar-refractivity contribution in [3.63, 3.8) is 0 Å². The summed E-state index contributed by atoms with van der Waals surface area (Å²) in [5.41, 5.74) is 0.844. The lowest BCUT2D eigenvalue weighted by atomic mass is 10.1. The van der Waals surface area contributed by atoms with Crippen molar-refractivity contribution < 1.29 is 4.79 Å². The fourth-order valence-corrected chi connectivity index (χ4v) is 2.34. The number of amides is 1. The molecule has 0 aliphatic carbocycles. The lowest BCUT2D eigenvalue weighted by Crippen LogP contribution is -2.57. The van der Waals surface area contributed by atoms with Crippen molar-refractivity contribution >= 4 is 17.4 Å². The summed E-state index contributed by atoms with van der Waals surface area (Å²) in [6.07, 6.45) is 1.81. The highest BCUT2D eigenvalue weighted by Gasteiger charge is 2.28. The Morgan fingerprint density at radius 2 is 2.38 bits per heavy atom. The third kappa shape index (κ3) is 2.08. The Balaban J connectivity index is 2.09. The van der Waals surface area contributed by atoms with Gasteiger partial charge in [-0.15, -0.1) is 5.10 Å².